The van der Waals surface area contributed by atoms with E-state index < -0.39 is 10.0 Å². The fourth-order valence-electron chi connectivity index (χ4n) is 2.64. The molecule has 1 aromatic heterocycles. The van der Waals surface area contributed by atoms with E-state index in [2.05, 4.69) is 14.9 Å². The van der Waals surface area contributed by atoms with E-state index in [1.54, 1.807) is 33.1 Å². The molecule has 0 atom stereocenters. The molecule has 0 saturated carbocycles. The molecule has 0 spiro atoms. The molecular formula is C19H21N3O4S. The molecule has 3 rings (SSSR count). The van der Waals surface area contributed by atoms with Crippen molar-refractivity contribution in [3.05, 3.63) is 59.0 Å². The predicted octanol–water partition coefficient (Wildman–Crippen LogP) is 3.15. The quantitative estimate of drug-likeness (QED) is 0.698. The zero-order valence-electron chi connectivity index (χ0n) is 15.6. The van der Waals surface area contributed by atoms with Gasteiger partial charge in [-0.2, -0.15) is 0 Å². The molecule has 0 radical (unpaired) electrons. The molecule has 7 nitrogen and oxygen atoms in total. The first-order valence-corrected chi connectivity index (χ1v) is 9.83. The lowest BCUT2D eigenvalue weighted by Gasteiger charge is -2.12. The number of benzene rings is 2. The van der Waals surface area contributed by atoms with Crippen molar-refractivity contribution in [2.45, 2.75) is 32.2 Å². The van der Waals surface area contributed by atoms with Gasteiger partial charge in [-0.3, -0.25) is 0 Å². The van der Waals surface area contributed by atoms with Crippen LogP contribution in [0.25, 0.3) is 11.5 Å². The summed E-state index contributed by atoms with van der Waals surface area (Å²) in [6, 6.07) is 10.9. The standard InChI is InChI=1S/C19H21N3O4S/c1-12-5-7-15(8-6-12)19-22-21-18(26-19)11-20-27(23,24)17-10-13(2)16(25-4)9-14(17)3/h5-10,20H,11H2,1-4H3. The summed E-state index contributed by atoms with van der Waals surface area (Å²) in [5, 5.41) is 7.89. The number of nitrogens with one attached hydrogen (secondary N) is 1. The number of ether oxygens (including phenoxy) is 1. The Morgan fingerprint density at radius 3 is 2.41 bits per heavy atom. The van der Waals surface area contributed by atoms with Crippen molar-refractivity contribution >= 4 is 10.0 Å². The summed E-state index contributed by atoms with van der Waals surface area (Å²) >= 11 is 0. The summed E-state index contributed by atoms with van der Waals surface area (Å²) in [7, 11) is -2.18. The molecule has 0 fully saturated rings. The number of aromatic nitrogens is 2. The Hall–Kier alpha value is -2.71. The Labute approximate surface area is 158 Å². The maximum absolute atomic E-state index is 12.7. The first-order valence-electron chi connectivity index (χ1n) is 8.34. The minimum atomic E-state index is -3.73. The van der Waals surface area contributed by atoms with Gasteiger partial charge in [0.05, 0.1) is 18.6 Å². The average Bonchev–Trinajstić information content (AvgIpc) is 3.11. The molecule has 0 unspecified atom stereocenters. The van der Waals surface area contributed by atoms with Crippen LogP contribution in [0.3, 0.4) is 0 Å². The first kappa shape index (κ1) is 19.1. The van der Waals surface area contributed by atoms with Crippen LogP contribution < -0.4 is 9.46 Å². The first-order chi connectivity index (χ1) is 12.8. The van der Waals surface area contributed by atoms with E-state index in [1.807, 2.05) is 31.2 Å². The smallest absolute Gasteiger partial charge is 0.247 e. The van der Waals surface area contributed by atoms with Crippen molar-refractivity contribution in [1.29, 1.82) is 0 Å². The zero-order valence-corrected chi connectivity index (χ0v) is 16.4. The van der Waals surface area contributed by atoms with E-state index in [4.69, 9.17) is 9.15 Å². The minimum Gasteiger partial charge on any atom is -0.496 e. The monoisotopic (exact) mass is 387 g/mol. The maximum atomic E-state index is 12.7. The molecular weight excluding hydrogens is 366 g/mol. The van der Waals surface area contributed by atoms with Crippen LogP contribution >= 0.6 is 0 Å². The molecule has 8 heteroatoms. The van der Waals surface area contributed by atoms with Crippen molar-refractivity contribution in [3.63, 3.8) is 0 Å². The van der Waals surface area contributed by atoms with Crippen molar-refractivity contribution in [2.75, 3.05) is 7.11 Å². The van der Waals surface area contributed by atoms with Crippen LogP contribution in [-0.4, -0.2) is 25.7 Å². The van der Waals surface area contributed by atoms with E-state index >= 15 is 0 Å². The lowest BCUT2D eigenvalue weighted by atomic mass is 10.1. The summed E-state index contributed by atoms with van der Waals surface area (Å²) in [4.78, 5) is 0.194. The second-order valence-corrected chi connectivity index (χ2v) is 8.01. The second-order valence-electron chi connectivity index (χ2n) is 6.28. The summed E-state index contributed by atoms with van der Waals surface area (Å²) in [6.07, 6.45) is 0. The van der Waals surface area contributed by atoms with Gasteiger partial charge in [0.25, 0.3) is 0 Å². The highest BCUT2D eigenvalue weighted by Gasteiger charge is 2.20. The largest absolute Gasteiger partial charge is 0.496 e. The maximum Gasteiger partial charge on any atom is 0.247 e. The molecule has 142 valence electrons. The van der Waals surface area contributed by atoms with Gasteiger partial charge in [-0.25, -0.2) is 13.1 Å². The van der Waals surface area contributed by atoms with Crippen molar-refractivity contribution in [3.8, 4) is 17.2 Å². The molecule has 1 N–H and O–H groups in total. The molecule has 0 bridgehead atoms. The van der Waals surface area contributed by atoms with Crippen LogP contribution in [0.2, 0.25) is 0 Å². The highest BCUT2D eigenvalue weighted by Crippen LogP contribution is 2.25. The highest BCUT2D eigenvalue weighted by molar-refractivity contribution is 7.89. The number of methoxy groups -OCH3 is 1. The Bertz CT molecular complexity index is 1060. The minimum absolute atomic E-state index is 0.0916. The Kier molecular flexibility index (Phi) is 5.29. The molecule has 0 amide bonds. The van der Waals surface area contributed by atoms with Gasteiger partial charge in [-0.1, -0.05) is 17.7 Å². The summed E-state index contributed by atoms with van der Waals surface area (Å²) in [5.41, 5.74) is 3.24. The lowest BCUT2D eigenvalue weighted by molar-refractivity contribution is 0.411. The fourth-order valence-corrected chi connectivity index (χ4v) is 3.93. The van der Waals surface area contributed by atoms with Gasteiger partial charge in [-0.15, -0.1) is 10.2 Å². The average molecular weight is 387 g/mol. The van der Waals surface area contributed by atoms with Crippen molar-refractivity contribution < 1.29 is 17.6 Å². The van der Waals surface area contributed by atoms with Gasteiger partial charge < -0.3 is 9.15 Å². The van der Waals surface area contributed by atoms with E-state index in [9.17, 15) is 8.42 Å². The number of rotatable bonds is 6. The molecule has 27 heavy (non-hydrogen) atoms. The number of aryl methyl sites for hydroxylation is 3. The topological polar surface area (TPSA) is 94.3 Å². The van der Waals surface area contributed by atoms with Gasteiger partial charge in [0.2, 0.25) is 21.8 Å². The third-order valence-electron chi connectivity index (χ3n) is 4.16. The van der Waals surface area contributed by atoms with Crippen LogP contribution in [-0.2, 0) is 16.6 Å². The molecule has 0 aliphatic heterocycles. The van der Waals surface area contributed by atoms with Gasteiger partial charge in [0.1, 0.15) is 5.75 Å². The van der Waals surface area contributed by atoms with E-state index in [0.717, 1.165) is 16.7 Å². The third-order valence-corrected chi connectivity index (χ3v) is 5.70. The third kappa shape index (κ3) is 4.17. The number of hydrogen-bond donors (Lipinski definition) is 1. The molecule has 0 aliphatic carbocycles. The van der Waals surface area contributed by atoms with Crippen LogP contribution in [0.15, 0.2) is 45.7 Å². The van der Waals surface area contributed by atoms with E-state index in [-0.39, 0.29) is 17.3 Å². The molecule has 2 aromatic carbocycles. The molecule has 3 aromatic rings. The molecule has 0 saturated heterocycles. The van der Waals surface area contributed by atoms with E-state index in [1.165, 1.54) is 0 Å². The molecule has 1 heterocycles. The Morgan fingerprint density at radius 1 is 1.04 bits per heavy atom. The van der Waals surface area contributed by atoms with Gasteiger partial charge in [0.15, 0.2) is 0 Å². The van der Waals surface area contributed by atoms with Crippen LogP contribution in [0, 0.1) is 20.8 Å². The van der Waals surface area contributed by atoms with Crippen molar-refractivity contribution in [2.24, 2.45) is 0 Å². The summed E-state index contributed by atoms with van der Waals surface area (Å²) in [5.74, 6) is 1.18. The van der Waals surface area contributed by atoms with Crippen molar-refractivity contribution in [1.82, 2.24) is 14.9 Å². The number of hydrogen-bond acceptors (Lipinski definition) is 6. The highest BCUT2D eigenvalue weighted by atomic mass is 32.2. The fraction of sp³-hybridized carbons (Fsp3) is 0.263. The second kappa shape index (κ2) is 7.50. The SMILES string of the molecule is COc1cc(C)c(S(=O)(=O)NCc2nnc(-c3ccc(C)cc3)o2)cc1C. The Balaban J connectivity index is 1.76. The summed E-state index contributed by atoms with van der Waals surface area (Å²) < 4.78 is 38.6. The zero-order chi connectivity index (χ0) is 19.6. The molecule has 0 aliphatic rings. The van der Waals surface area contributed by atoms with E-state index in [0.29, 0.717) is 17.2 Å². The van der Waals surface area contributed by atoms with Crippen LogP contribution in [0.1, 0.15) is 22.6 Å². The van der Waals surface area contributed by atoms with Gasteiger partial charge >= 0.3 is 0 Å². The van der Waals surface area contributed by atoms with Crippen LogP contribution in [0.4, 0.5) is 0 Å². The predicted molar refractivity (Wildman–Crippen MR) is 101 cm³/mol. The normalized spacial score (nSPS) is 11.6. The summed E-state index contributed by atoms with van der Waals surface area (Å²) in [6.45, 7) is 5.41. The number of sulfonamides is 1. The lowest BCUT2D eigenvalue weighted by Crippen LogP contribution is -2.24. The van der Waals surface area contributed by atoms with Crippen LogP contribution in [0.5, 0.6) is 5.75 Å². The van der Waals surface area contributed by atoms with Gasteiger partial charge in [0, 0.05) is 5.56 Å². The van der Waals surface area contributed by atoms with Gasteiger partial charge in [-0.05, 0) is 56.2 Å². The number of nitrogens with zero attached hydrogens (tertiary/aromatic N) is 2. The Morgan fingerprint density at radius 2 is 1.74 bits per heavy atom.